The highest BCUT2D eigenvalue weighted by Crippen LogP contribution is 2.40. The van der Waals surface area contributed by atoms with Gasteiger partial charge in [-0.1, -0.05) is 13.8 Å². The lowest BCUT2D eigenvalue weighted by Gasteiger charge is -2.22. The Kier molecular flexibility index (Phi) is 2.71. The fraction of sp³-hybridized carbons (Fsp3) is 0.714. The molecule has 0 radical (unpaired) electrons. The third-order valence-corrected chi connectivity index (χ3v) is 1.73. The largest absolute Gasteiger partial charge is 0.475 e. The van der Waals surface area contributed by atoms with E-state index in [1.807, 2.05) is 0 Å². The topological polar surface area (TPSA) is 30.7 Å². The normalized spacial score (nSPS) is 13.6. The second-order valence-corrected chi connectivity index (χ2v) is 3.25. The van der Waals surface area contributed by atoms with Gasteiger partial charge >= 0.3 is 12.2 Å². The molecule has 0 saturated carbocycles. The average molecular weight is 229 g/mol. The molecule has 0 fully saturated rings. The maximum absolute atomic E-state index is 12.9. The van der Waals surface area contributed by atoms with Gasteiger partial charge in [-0.3, -0.25) is 0 Å². The van der Waals surface area contributed by atoms with Gasteiger partial charge in [0.25, 0.3) is 0 Å². The Balaban J connectivity index is 3.21. The molecule has 8 heteroatoms. The van der Waals surface area contributed by atoms with Crippen LogP contribution < -0.4 is 0 Å². The highest BCUT2D eigenvalue weighted by molar-refractivity contribution is 4.96. The second-order valence-electron chi connectivity index (χ2n) is 3.25. The summed E-state index contributed by atoms with van der Waals surface area (Å²) in [6.07, 6.45) is -5.28. The number of alkyl halides is 5. The SMILES string of the molecule is CC(C)c1nncn1C(F)(F)C(F)(F)F. The molecule has 0 aliphatic carbocycles. The molecule has 1 heterocycles. The third kappa shape index (κ3) is 1.93. The molecule has 3 nitrogen and oxygen atoms in total. The van der Waals surface area contributed by atoms with Gasteiger partial charge in [-0.2, -0.15) is 22.0 Å². The first-order chi connectivity index (χ1) is 6.68. The zero-order valence-electron chi connectivity index (χ0n) is 7.89. The summed E-state index contributed by atoms with van der Waals surface area (Å²) in [4.78, 5) is 0. The molecule has 1 aromatic heterocycles. The summed E-state index contributed by atoms with van der Waals surface area (Å²) >= 11 is 0. The smallest absolute Gasteiger partial charge is 0.248 e. The lowest BCUT2D eigenvalue weighted by atomic mass is 10.2. The summed E-state index contributed by atoms with van der Waals surface area (Å²) in [5.74, 6) is -0.974. The number of nitrogens with zero attached hydrogens (tertiary/aromatic N) is 3. The van der Waals surface area contributed by atoms with Crippen molar-refractivity contribution in [3.05, 3.63) is 12.2 Å². The average Bonchev–Trinajstić information content (AvgIpc) is 2.48. The zero-order valence-corrected chi connectivity index (χ0v) is 7.89. The lowest BCUT2D eigenvalue weighted by Crippen LogP contribution is -2.40. The van der Waals surface area contributed by atoms with Crippen molar-refractivity contribution in [2.24, 2.45) is 0 Å². The number of aromatic nitrogens is 3. The minimum absolute atomic E-state index is 0.252. The van der Waals surface area contributed by atoms with Crippen LogP contribution in [0, 0.1) is 0 Å². The molecule has 0 atom stereocenters. The maximum Gasteiger partial charge on any atom is 0.475 e. The number of hydrogen-bond donors (Lipinski definition) is 0. The van der Waals surface area contributed by atoms with Crippen molar-refractivity contribution >= 4 is 0 Å². The quantitative estimate of drug-likeness (QED) is 0.729. The zero-order chi connectivity index (χ0) is 11.9. The molecule has 86 valence electrons. The van der Waals surface area contributed by atoms with Gasteiger partial charge < -0.3 is 0 Å². The van der Waals surface area contributed by atoms with Crippen LogP contribution in [0.5, 0.6) is 0 Å². The second kappa shape index (κ2) is 3.42. The fourth-order valence-corrected chi connectivity index (χ4v) is 0.991. The monoisotopic (exact) mass is 229 g/mol. The summed E-state index contributed by atoms with van der Waals surface area (Å²) in [6, 6.07) is -4.98. The highest BCUT2D eigenvalue weighted by atomic mass is 19.4. The van der Waals surface area contributed by atoms with Gasteiger partial charge in [-0.05, 0) is 0 Å². The van der Waals surface area contributed by atoms with Crippen molar-refractivity contribution in [3.63, 3.8) is 0 Å². The molecule has 1 aromatic rings. The van der Waals surface area contributed by atoms with Crippen molar-refractivity contribution in [2.75, 3.05) is 0 Å². The van der Waals surface area contributed by atoms with Crippen LogP contribution in [0.25, 0.3) is 0 Å². The predicted octanol–water partition coefficient (Wildman–Crippen LogP) is 2.51. The third-order valence-electron chi connectivity index (χ3n) is 1.73. The first kappa shape index (κ1) is 11.9. The van der Waals surface area contributed by atoms with Crippen LogP contribution in [0.2, 0.25) is 0 Å². The van der Waals surface area contributed by atoms with Crippen molar-refractivity contribution in [2.45, 2.75) is 32.0 Å². The Labute approximate surface area is 81.9 Å². The van der Waals surface area contributed by atoms with E-state index in [0.717, 1.165) is 0 Å². The summed E-state index contributed by atoms with van der Waals surface area (Å²) in [5, 5.41) is 6.28. The van der Waals surface area contributed by atoms with E-state index in [2.05, 4.69) is 10.2 Å². The molecule has 0 unspecified atom stereocenters. The highest BCUT2D eigenvalue weighted by Gasteiger charge is 2.60. The van der Waals surface area contributed by atoms with Crippen molar-refractivity contribution < 1.29 is 22.0 Å². The van der Waals surface area contributed by atoms with Crippen molar-refractivity contribution in [3.8, 4) is 0 Å². The van der Waals surface area contributed by atoms with Crippen molar-refractivity contribution in [1.82, 2.24) is 14.8 Å². The number of rotatable bonds is 2. The van der Waals surface area contributed by atoms with E-state index < -0.39 is 24.0 Å². The first-order valence-electron chi connectivity index (χ1n) is 4.03. The van der Waals surface area contributed by atoms with Crippen LogP contribution in [-0.2, 0) is 6.05 Å². The molecule has 0 spiro atoms. The van der Waals surface area contributed by atoms with Gasteiger partial charge in [0.15, 0.2) is 0 Å². The van der Waals surface area contributed by atoms with Crippen LogP contribution in [-0.4, -0.2) is 20.9 Å². The standard InChI is InChI=1S/C7H8F5N3/c1-4(2)5-14-13-3-15(5)7(11,12)6(8,9)10/h3-4H,1-2H3. The Morgan fingerprint density at radius 2 is 1.73 bits per heavy atom. The van der Waals surface area contributed by atoms with Crippen LogP contribution in [0.1, 0.15) is 25.6 Å². The van der Waals surface area contributed by atoms with Crippen LogP contribution in [0.4, 0.5) is 22.0 Å². The summed E-state index contributed by atoms with van der Waals surface area (Å²) in [6.45, 7) is 2.90. The fourth-order valence-electron chi connectivity index (χ4n) is 0.991. The molecule has 0 aliphatic rings. The first-order valence-corrected chi connectivity index (χ1v) is 4.03. The molecule has 1 rings (SSSR count). The number of halogens is 5. The molecule has 0 aliphatic heterocycles. The van der Waals surface area contributed by atoms with E-state index >= 15 is 0 Å². The van der Waals surface area contributed by atoms with Gasteiger partial charge in [0.2, 0.25) is 0 Å². The molecular formula is C7H8F5N3. The van der Waals surface area contributed by atoms with Gasteiger partial charge in [-0.15, -0.1) is 10.2 Å². The molecule has 0 amide bonds. The van der Waals surface area contributed by atoms with E-state index in [0.29, 0.717) is 6.33 Å². The van der Waals surface area contributed by atoms with E-state index in [4.69, 9.17) is 0 Å². The van der Waals surface area contributed by atoms with Crippen molar-refractivity contribution in [1.29, 1.82) is 0 Å². The summed E-state index contributed by atoms with van der Waals surface area (Å²) in [5.41, 5.74) is 0. The number of hydrogen-bond acceptors (Lipinski definition) is 2. The van der Waals surface area contributed by atoms with Gasteiger partial charge in [0.1, 0.15) is 12.2 Å². The Morgan fingerprint density at radius 1 is 1.20 bits per heavy atom. The van der Waals surface area contributed by atoms with Crippen LogP contribution >= 0.6 is 0 Å². The molecular weight excluding hydrogens is 221 g/mol. The van der Waals surface area contributed by atoms with Gasteiger partial charge in [-0.25, -0.2) is 4.57 Å². The van der Waals surface area contributed by atoms with E-state index in [9.17, 15) is 22.0 Å². The maximum atomic E-state index is 12.9. The minimum atomic E-state index is -5.65. The summed E-state index contributed by atoms with van der Waals surface area (Å²) in [7, 11) is 0. The minimum Gasteiger partial charge on any atom is -0.248 e. The van der Waals surface area contributed by atoms with Crippen LogP contribution in [0.3, 0.4) is 0 Å². The van der Waals surface area contributed by atoms with Gasteiger partial charge in [0.05, 0.1) is 0 Å². The predicted molar refractivity (Wildman–Crippen MR) is 40.4 cm³/mol. The molecule has 0 saturated heterocycles. The Morgan fingerprint density at radius 3 is 2.13 bits per heavy atom. The Hall–Kier alpha value is -1.21. The molecule has 15 heavy (non-hydrogen) atoms. The molecule has 0 aromatic carbocycles. The van der Waals surface area contributed by atoms with E-state index in [1.165, 1.54) is 13.8 Å². The lowest BCUT2D eigenvalue weighted by molar-refractivity contribution is -0.325. The molecule has 0 bridgehead atoms. The van der Waals surface area contributed by atoms with Crippen LogP contribution in [0.15, 0.2) is 6.33 Å². The van der Waals surface area contributed by atoms with E-state index in [1.54, 1.807) is 0 Å². The van der Waals surface area contributed by atoms with Gasteiger partial charge in [0, 0.05) is 5.92 Å². The summed E-state index contributed by atoms with van der Waals surface area (Å²) < 4.78 is 61.5. The Bertz CT molecular complexity index is 341. The molecule has 0 N–H and O–H groups in total. The van der Waals surface area contributed by atoms with E-state index in [-0.39, 0.29) is 4.57 Å².